The van der Waals surface area contributed by atoms with E-state index in [0.29, 0.717) is 23.5 Å². The minimum atomic E-state index is -0.889. The lowest BCUT2D eigenvalue weighted by Gasteiger charge is -2.42. The number of ether oxygens (including phenoxy) is 2. The van der Waals surface area contributed by atoms with Gasteiger partial charge >= 0.3 is 0 Å². The zero-order valence-electron chi connectivity index (χ0n) is 18.0. The van der Waals surface area contributed by atoms with E-state index in [1.807, 2.05) is 24.4 Å². The number of nitrogens with zero attached hydrogens (tertiary/aromatic N) is 5. The zero-order chi connectivity index (χ0) is 23.0. The Hall–Kier alpha value is -3.45. The van der Waals surface area contributed by atoms with Gasteiger partial charge in [0.1, 0.15) is 24.5 Å². The lowest BCUT2D eigenvalue weighted by Crippen LogP contribution is -2.43. The van der Waals surface area contributed by atoms with Crippen LogP contribution in [0.15, 0.2) is 54.2 Å². The molecule has 2 atom stereocenters. The van der Waals surface area contributed by atoms with Crippen LogP contribution in [0.4, 0.5) is 4.39 Å². The molecule has 0 fully saturated rings. The van der Waals surface area contributed by atoms with Gasteiger partial charge in [-0.25, -0.2) is 19.0 Å². The molecule has 0 radical (unpaired) electrons. The molecule has 2 aromatic heterocycles. The molecule has 4 aromatic rings. The van der Waals surface area contributed by atoms with Gasteiger partial charge in [-0.1, -0.05) is 25.1 Å². The van der Waals surface area contributed by atoms with E-state index in [9.17, 15) is 4.39 Å². The van der Waals surface area contributed by atoms with Crippen LogP contribution in [0, 0.1) is 17.1 Å². The average Bonchev–Trinajstić information content (AvgIpc) is 3.52. The smallest absolute Gasteiger partial charge is 0.158 e. The van der Waals surface area contributed by atoms with Gasteiger partial charge in [0.2, 0.25) is 0 Å². The van der Waals surface area contributed by atoms with Gasteiger partial charge in [0.25, 0.3) is 0 Å². The molecule has 5 rings (SSSR count). The molecule has 0 amide bonds. The normalized spacial score (nSPS) is 17.8. The molecule has 0 saturated carbocycles. The first-order valence-corrected chi connectivity index (χ1v) is 11.2. The fourth-order valence-corrected chi connectivity index (χ4v) is 5.25. The number of rotatable bonds is 6. The molecule has 0 spiro atoms. The molecule has 0 saturated heterocycles. The number of aromatic nitrogens is 4. The average molecular weight is 462 g/mol. The predicted molar refractivity (Wildman–Crippen MR) is 121 cm³/mol. The molecule has 1 unspecified atom stereocenters. The number of halogens is 1. The third-order valence-electron chi connectivity index (χ3n) is 6.01. The summed E-state index contributed by atoms with van der Waals surface area (Å²) in [6.07, 6.45) is 1.47. The molecule has 1 aliphatic heterocycles. The maximum Gasteiger partial charge on any atom is 0.158 e. The summed E-state index contributed by atoms with van der Waals surface area (Å²) in [5.41, 5.74) is 2.93. The minimum absolute atomic E-state index is 0.0546. The highest BCUT2D eigenvalue weighted by Gasteiger charge is 2.47. The molecule has 1 aliphatic rings. The predicted octanol–water partition coefficient (Wildman–Crippen LogP) is 4.71. The number of benzene rings is 2. The summed E-state index contributed by atoms with van der Waals surface area (Å²) in [4.78, 5) is 9.23. The van der Waals surface area contributed by atoms with E-state index < -0.39 is 5.60 Å². The fourth-order valence-electron chi connectivity index (χ4n) is 4.28. The quantitative estimate of drug-likeness (QED) is 0.387. The molecule has 9 heteroatoms. The standard InChI is InChI=1S/C24H20FN5O2S/c1-15(23-29-21(11-33-23)17-5-3-16(10-26)4-6-17)24(32-14-31-2)12-30-22(27-13-28-30)19-9-18(25)7-8-20(19)24/h3-9,11,13,15H,12,14H2,1-2H3/t15?,24-/m1/s1. The Balaban J connectivity index is 1.59. The fraction of sp³-hybridized carbons (Fsp3) is 0.250. The molecular weight excluding hydrogens is 441 g/mol. The molecule has 33 heavy (non-hydrogen) atoms. The maximum atomic E-state index is 14.2. The van der Waals surface area contributed by atoms with Gasteiger partial charge in [-0.2, -0.15) is 10.4 Å². The number of nitriles is 1. The van der Waals surface area contributed by atoms with Gasteiger partial charge in [0, 0.05) is 29.5 Å². The maximum absolute atomic E-state index is 14.2. The van der Waals surface area contributed by atoms with Crippen molar-refractivity contribution in [3.63, 3.8) is 0 Å². The number of methoxy groups -OCH3 is 1. The summed E-state index contributed by atoms with van der Waals surface area (Å²) < 4.78 is 27.6. The Morgan fingerprint density at radius 1 is 1.27 bits per heavy atom. The molecule has 0 N–H and O–H groups in total. The van der Waals surface area contributed by atoms with Gasteiger partial charge in [-0.3, -0.25) is 0 Å². The van der Waals surface area contributed by atoms with Crippen molar-refractivity contribution in [3.8, 4) is 28.7 Å². The Bertz CT molecular complexity index is 1340. The topological polar surface area (TPSA) is 85.9 Å². The van der Waals surface area contributed by atoms with E-state index in [2.05, 4.69) is 16.2 Å². The molecular formula is C24H20FN5O2S. The van der Waals surface area contributed by atoms with Crippen LogP contribution in [0.2, 0.25) is 0 Å². The van der Waals surface area contributed by atoms with E-state index >= 15 is 0 Å². The second-order valence-corrected chi connectivity index (χ2v) is 8.74. The Labute approximate surface area is 194 Å². The van der Waals surface area contributed by atoms with Crippen molar-refractivity contribution in [2.45, 2.75) is 25.0 Å². The number of hydrogen-bond acceptors (Lipinski definition) is 7. The van der Waals surface area contributed by atoms with Crippen LogP contribution in [0.1, 0.15) is 29.0 Å². The lowest BCUT2D eigenvalue weighted by atomic mass is 9.77. The third kappa shape index (κ3) is 3.62. The van der Waals surface area contributed by atoms with Crippen LogP contribution < -0.4 is 0 Å². The van der Waals surface area contributed by atoms with Crippen molar-refractivity contribution in [2.24, 2.45) is 0 Å². The van der Waals surface area contributed by atoms with Crippen LogP contribution in [-0.2, 0) is 21.6 Å². The van der Waals surface area contributed by atoms with Crippen molar-refractivity contribution in [1.82, 2.24) is 19.7 Å². The molecule has 166 valence electrons. The molecule has 0 bridgehead atoms. The van der Waals surface area contributed by atoms with Crippen molar-refractivity contribution in [2.75, 3.05) is 13.9 Å². The number of hydrogen-bond donors (Lipinski definition) is 0. The molecule has 0 aliphatic carbocycles. The second kappa shape index (κ2) is 8.48. The highest BCUT2D eigenvalue weighted by Crippen LogP contribution is 2.49. The van der Waals surface area contributed by atoms with E-state index in [0.717, 1.165) is 21.8 Å². The Kier molecular flexibility index (Phi) is 5.50. The first-order valence-electron chi connectivity index (χ1n) is 10.3. The van der Waals surface area contributed by atoms with Crippen molar-refractivity contribution < 1.29 is 13.9 Å². The monoisotopic (exact) mass is 461 g/mol. The Morgan fingerprint density at radius 2 is 2.09 bits per heavy atom. The van der Waals surface area contributed by atoms with Crippen LogP contribution in [0.25, 0.3) is 22.6 Å². The zero-order valence-corrected chi connectivity index (χ0v) is 18.8. The highest BCUT2D eigenvalue weighted by molar-refractivity contribution is 7.10. The summed E-state index contributed by atoms with van der Waals surface area (Å²) in [5, 5.41) is 16.3. The SMILES string of the molecule is COCO[C@@]1(C(C)c2nc(-c3ccc(C#N)cc3)cs2)Cn2ncnc2-c2cc(F)ccc21. The minimum Gasteiger partial charge on any atom is -0.359 e. The van der Waals surface area contributed by atoms with Crippen LogP contribution in [0.5, 0.6) is 0 Å². The summed E-state index contributed by atoms with van der Waals surface area (Å²) in [6, 6.07) is 14.1. The summed E-state index contributed by atoms with van der Waals surface area (Å²) in [6.45, 7) is 2.49. The van der Waals surface area contributed by atoms with Gasteiger partial charge in [0.15, 0.2) is 5.82 Å². The van der Waals surface area contributed by atoms with Gasteiger partial charge in [-0.05, 0) is 29.8 Å². The van der Waals surface area contributed by atoms with Crippen molar-refractivity contribution in [3.05, 3.63) is 76.1 Å². The molecule has 3 heterocycles. The number of thiazole rings is 1. The van der Waals surface area contributed by atoms with E-state index in [-0.39, 0.29) is 18.5 Å². The Morgan fingerprint density at radius 3 is 2.85 bits per heavy atom. The van der Waals surface area contributed by atoms with Gasteiger partial charge < -0.3 is 9.47 Å². The largest absolute Gasteiger partial charge is 0.359 e. The van der Waals surface area contributed by atoms with E-state index in [1.165, 1.54) is 29.8 Å². The number of fused-ring (bicyclic) bond motifs is 3. The first kappa shape index (κ1) is 21.4. The lowest BCUT2D eigenvalue weighted by molar-refractivity contribution is -0.156. The first-order chi connectivity index (χ1) is 16.1. The van der Waals surface area contributed by atoms with Crippen molar-refractivity contribution in [1.29, 1.82) is 5.26 Å². The van der Waals surface area contributed by atoms with E-state index in [1.54, 1.807) is 30.0 Å². The highest BCUT2D eigenvalue weighted by atomic mass is 32.1. The van der Waals surface area contributed by atoms with E-state index in [4.69, 9.17) is 19.7 Å². The van der Waals surface area contributed by atoms with Gasteiger partial charge in [-0.15, -0.1) is 11.3 Å². The van der Waals surface area contributed by atoms with Crippen LogP contribution in [-0.4, -0.2) is 33.7 Å². The van der Waals surface area contributed by atoms with Crippen LogP contribution in [0.3, 0.4) is 0 Å². The summed E-state index contributed by atoms with van der Waals surface area (Å²) >= 11 is 1.53. The molecule has 2 aromatic carbocycles. The van der Waals surface area contributed by atoms with Crippen molar-refractivity contribution >= 4 is 11.3 Å². The third-order valence-corrected chi connectivity index (χ3v) is 7.04. The summed E-state index contributed by atoms with van der Waals surface area (Å²) in [5.74, 6) is 0.0490. The second-order valence-electron chi connectivity index (χ2n) is 7.85. The summed E-state index contributed by atoms with van der Waals surface area (Å²) in [7, 11) is 1.57. The van der Waals surface area contributed by atoms with Crippen LogP contribution >= 0.6 is 11.3 Å². The molecule has 7 nitrogen and oxygen atoms in total. The van der Waals surface area contributed by atoms with Gasteiger partial charge in [0.05, 0.1) is 28.9 Å².